The number of nitrogens with one attached hydrogen (secondary N) is 1. The van der Waals surface area contributed by atoms with E-state index in [0.29, 0.717) is 23.4 Å². The number of carbonyl (C=O) groups is 2. The minimum absolute atomic E-state index is 0.0776. The number of pyridine rings is 1. The van der Waals surface area contributed by atoms with Gasteiger partial charge in [-0.25, -0.2) is 0 Å². The van der Waals surface area contributed by atoms with E-state index in [-0.39, 0.29) is 18.3 Å². The van der Waals surface area contributed by atoms with Crippen LogP contribution in [0.25, 0.3) is 10.9 Å². The minimum Gasteiger partial charge on any atom is -0.484 e. The number of carbonyl (C=O) groups excluding carboxylic acids is 2. The molecule has 0 radical (unpaired) electrons. The van der Waals surface area contributed by atoms with E-state index < -0.39 is 0 Å². The lowest BCUT2D eigenvalue weighted by Crippen LogP contribution is -2.20. The van der Waals surface area contributed by atoms with E-state index in [2.05, 4.69) is 10.3 Å². The highest BCUT2D eigenvalue weighted by molar-refractivity contribution is 6.01. The number of ether oxygens (including phenoxy) is 1. The standard InChI is InChI=1S/C20H18N2O3/c1-2-19(23)14-8-10-15(11-9-14)25-13-20(24)22-18-7-3-6-17-16(18)5-4-12-21-17/h3-12H,2,13H2,1H3,(H,22,24). The van der Waals surface area contributed by atoms with Gasteiger partial charge in [0.2, 0.25) is 0 Å². The Balaban J connectivity index is 1.62. The molecule has 0 unspecified atom stereocenters. The molecule has 1 amide bonds. The number of ketones is 1. The number of hydrogen-bond donors (Lipinski definition) is 1. The zero-order chi connectivity index (χ0) is 17.6. The summed E-state index contributed by atoms with van der Waals surface area (Å²) in [6, 6.07) is 16.1. The fourth-order valence-corrected chi connectivity index (χ4v) is 2.49. The monoisotopic (exact) mass is 334 g/mol. The van der Waals surface area contributed by atoms with Gasteiger partial charge in [0.05, 0.1) is 11.2 Å². The van der Waals surface area contributed by atoms with Crippen molar-refractivity contribution in [3.63, 3.8) is 0 Å². The highest BCUT2D eigenvalue weighted by atomic mass is 16.5. The number of Topliss-reactive ketones (excluding diaryl/α,β-unsaturated/α-hetero) is 1. The van der Waals surface area contributed by atoms with Crippen LogP contribution in [0.3, 0.4) is 0 Å². The number of benzene rings is 2. The molecule has 0 saturated carbocycles. The van der Waals surface area contributed by atoms with E-state index >= 15 is 0 Å². The van der Waals surface area contributed by atoms with E-state index in [1.54, 1.807) is 30.5 Å². The number of rotatable bonds is 6. The lowest BCUT2D eigenvalue weighted by Gasteiger charge is -2.10. The molecule has 0 aliphatic heterocycles. The van der Waals surface area contributed by atoms with Gasteiger partial charge in [-0.05, 0) is 48.5 Å². The van der Waals surface area contributed by atoms with Crippen LogP contribution in [-0.4, -0.2) is 23.3 Å². The maximum Gasteiger partial charge on any atom is 0.262 e. The molecule has 0 saturated heterocycles. The first kappa shape index (κ1) is 16.6. The van der Waals surface area contributed by atoms with E-state index in [9.17, 15) is 9.59 Å². The van der Waals surface area contributed by atoms with Crippen molar-refractivity contribution in [1.29, 1.82) is 0 Å². The fourth-order valence-electron chi connectivity index (χ4n) is 2.49. The average Bonchev–Trinajstić information content (AvgIpc) is 2.66. The molecule has 0 aliphatic rings. The van der Waals surface area contributed by atoms with Crippen LogP contribution in [0.4, 0.5) is 5.69 Å². The molecule has 3 aromatic rings. The maximum atomic E-state index is 12.1. The lowest BCUT2D eigenvalue weighted by molar-refractivity contribution is -0.118. The van der Waals surface area contributed by atoms with E-state index in [1.165, 1.54) is 0 Å². The maximum absolute atomic E-state index is 12.1. The molecule has 0 fully saturated rings. The topological polar surface area (TPSA) is 68.3 Å². The predicted octanol–water partition coefficient (Wildman–Crippen LogP) is 3.85. The van der Waals surface area contributed by atoms with E-state index in [4.69, 9.17) is 4.74 Å². The molecule has 0 atom stereocenters. The van der Waals surface area contributed by atoms with Crippen molar-refractivity contribution in [2.45, 2.75) is 13.3 Å². The largest absolute Gasteiger partial charge is 0.484 e. The SMILES string of the molecule is CCC(=O)c1ccc(OCC(=O)Nc2cccc3ncccc23)cc1. The molecule has 2 aromatic carbocycles. The number of amides is 1. The Morgan fingerprint density at radius 2 is 1.84 bits per heavy atom. The second kappa shape index (κ2) is 7.57. The summed E-state index contributed by atoms with van der Waals surface area (Å²) in [6.07, 6.45) is 2.17. The third-order valence-corrected chi connectivity index (χ3v) is 3.79. The Morgan fingerprint density at radius 3 is 2.60 bits per heavy atom. The van der Waals surface area contributed by atoms with Crippen molar-refractivity contribution in [3.05, 3.63) is 66.4 Å². The predicted molar refractivity (Wildman–Crippen MR) is 96.9 cm³/mol. The second-order valence-electron chi connectivity index (χ2n) is 5.51. The molecular formula is C20H18N2O3. The van der Waals surface area contributed by atoms with Crippen LogP contribution in [0.1, 0.15) is 23.7 Å². The summed E-state index contributed by atoms with van der Waals surface area (Å²) >= 11 is 0. The number of fused-ring (bicyclic) bond motifs is 1. The van der Waals surface area contributed by atoms with Gasteiger partial charge >= 0.3 is 0 Å². The third-order valence-electron chi connectivity index (χ3n) is 3.79. The van der Waals surface area contributed by atoms with E-state index in [1.807, 2.05) is 37.3 Å². The fraction of sp³-hybridized carbons (Fsp3) is 0.150. The van der Waals surface area contributed by atoms with Gasteiger partial charge < -0.3 is 10.1 Å². The number of hydrogen-bond acceptors (Lipinski definition) is 4. The van der Waals surface area contributed by atoms with Gasteiger partial charge in [-0.3, -0.25) is 14.6 Å². The first-order valence-electron chi connectivity index (χ1n) is 8.07. The van der Waals surface area contributed by atoms with Crippen LogP contribution in [-0.2, 0) is 4.79 Å². The lowest BCUT2D eigenvalue weighted by atomic mass is 10.1. The zero-order valence-corrected chi connectivity index (χ0v) is 13.9. The van der Waals surface area contributed by atoms with Crippen LogP contribution in [0.2, 0.25) is 0 Å². The van der Waals surface area contributed by atoms with Crippen LogP contribution in [0.5, 0.6) is 5.75 Å². The van der Waals surface area contributed by atoms with Crippen molar-refractivity contribution in [2.24, 2.45) is 0 Å². The second-order valence-corrected chi connectivity index (χ2v) is 5.51. The van der Waals surface area contributed by atoms with Crippen molar-refractivity contribution in [2.75, 3.05) is 11.9 Å². The molecule has 0 spiro atoms. The Bertz CT molecular complexity index is 899. The minimum atomic E-state index is -0.259. The molecule has 0 aliphatic carbocycles. The highest BCUT2D eigenvalue weighted by Gasteiger charge is 2.08. The van der Waals surface area contributed by atoms with Gasteiger partial charge in [0, 0.05) is 23.6 Å². The number of anilines is 1. The van der Waals surface area contributed by atoms with Gasteiger partial charge in [0.15, 0.2) is 12.4 Å². The first-order chi connectivity index (χ1) is 12.2. The molecule has 5 nitrogen and oxygen atoms in total. The summed E-state index contributed by atoms with van der Waals surface area (Å²) in [5, 5.41) is 3.71. The zero-order valence-electron chi connectivity index (χ0n) is 13.9. The van der Waals surface area contributed by atoms with Crippen molar-refractivity contribution in [1.82, 2.24) is 4.98 Å². The van der Waals surface area contributed by atoms with Crippen molar-refractivity contribution < 1.29 is 14.3 Å². The molecule has 1 aromatic heterocycles. The summed E-state index contributed by atoms with van der Waals surface area (Å²) in [6.45, 7) is 1.71. The quantitative estimate of drug-likeness (QED) is 0.695. The van der Waals surface area contributed by atoms with Crippen LogP contribution in [0, 0.1) is 0 Å². The van der Waals surface area contributed by atoms with Gasteiger partial charge in [-0.1, -0.05) is 13.0 Å². The molecular weight excluding hydrogens is 316 g/mol. The summed E-state index contributed by atoms with van der Waals surface area (Å²) in [5.41, 5.74) is 2.16. The Morgan fingerprint density at radius 1 is 1.04 bits per heavy atom. The van der Waals surface area contributed by atoms with Crippen LogP contribution in [0.15, 0.2) is 60.8 Å². The first-order valence-corrected chi connectivity index (χ1v) is 8.07. The third kappa shape index (κ3) is 4.01. The highest BCUT2D eigenvalue weighted by Crippen LogP contribution is 2.21. The summed E-state index contributed by atoms with van der Waals surface area (Å²) < 4.78 is 5.48. The number of nitrogens with zero attached hydrogens (tertiary/aromatic N) is 1. The molecule has 1 heterocycles. The smallest absolute Gasteiger partial charge is 0.262 e. The molecule has 126 valence electrons. The summed E-state index contributed by atoms with van der Waals surface area (Å²) in [5.74, 6) is 0.362. The Kier molecular flexibility index (Phi) is 5.04. The molecule has 25 heavy (non-hydrogen) atoms. The van der Waals surface area contributed by atoms with Gasteiger partial charge in [0.25, 0.3) is 5.91 Å². The molecule has 5 heteroatoms. The number of aromatic nitrogens is 1. The van der Waals surface area contributed by atoms with Gasteiger partial charge in [-0.15, -0.1) is 0 Å². The van der Waals surface area contributed by atoms with Crippen molar-refractivity contribution in [3.8, 4) is 5.75 Å². The molecule has 0 bridgehead atoms. The normalized spacial score (nSPS) is 10.4. The van der Waals surface area contributed by atoms with Crippen LogP contribution >= 0.6 is 0 Å². The van der Waals surface area contributed by atoms with Crippen LogP contribution < -0.4 is 10.1 Å². The van der Waals surface area contributed by atoms with Gasteiger partial charge in [-0.2, -0.15) is 0 Å². The summed E-state index contributed by atoms with van der Waals surface area (Å²) in [7, 11) is 0. The summed E-state index contributed by atoms with van der Waals surface area (Å²) in [4.78, 5) is 28.0. The Labute approximate surface area is 145 Å². The van der Waals surface area contributed by atoms with Crippen molar-refractivity contribution >= 4 is 28.3 Å². The Hall–Kier alpha value is -3.21. The van der Waals surface area contributed by atoms with Gasteiger partial charge in [0.1, 0.15) is 5.75 Å². The molecule has 1 N–H and O–H groups in total. The average molecular weight is 334 g/mol. The van der Waals surface area contributed by atoms with E-state index in [0.717, 1.165) is 10.9 Å². The molecule has 3 rings (SSSR count).